The molecule has 5 nitrogen and oxygen atoms in total. The number of benzene rings is 1. The molecule has 5 heteroatoms. The molecule has 2 saturated heterocycles. The molecular weight excluding hydrogens is 282 g/mol. The first-order valence-corrected chi connectivity index (χ1v) is 7.88. The molecule has 1 amide bonds. The number of fused-ring (bicyclic) bond motifs is 1. The van der Waals surface area contributed by atoms with Gasteiger partial charge in [-0.2, -0.15) is 0 Å². The van der Waals surface area contributed by atoms with Crippen LogP contribution in [0.1, 0.15) is 31.7 Å². The Hall–Kier alpha value is -2.04. The van der Waals surface area contributed by atoms with E-state index in [1.165, 1.54) is 0 Å². The number of amides is 1. The molecule has 2 fully saturated rings. The van der Waals surface area contributed by atoms with Gasteiger partial charge in [-0.05, 0) is 12.0 Å². The Kier molecular flexibility index (Phi) is 4.32. The molecule has 0 radical (unpaired) electrons. The van der Waals surface area contributed by atoms with Crippen LogP contribution in [0.3, 0.4) is 0 Å². The van der Waals surface area contributed by atoms with Crippen LogP contribution in [0.4, 0.5) is 4.79 Å². The van der Waals surface area contributed by atoms with Crippen molar-refractivity contribution in [2.75, 3.05) is 6.54 Å². The fraction of sp³-hybridized carbons (Fsp3) is 0.529. The van der Waals surface area contributed by atoms with Gasteiger partial charge in [0.25, 0.3) is 0 Å². The lowest BCUT2D eigenvalue weighted by molar-refractivity contribution is -0.144. The smallest absolute Gasteiger partial charge is 0.410 e. The molecule has 0 spiro atoms. The normalized spacial score (nSPS) is 26.7. The zero-order chi connectivity index (χ0) is 15.5. The number of ether oxygens (including phenoxy) is 2. The van der Waals surface area contributed by atoms with Gasteiger partial charge in [0.2, 0.25) is 0 Å². The Bertz CT molecular complexity index is 545. The molecule has 0 saturated carbocycles. The lowest BCUT2D eigenvalue weighted by Crippen LogP contribution is -2.42. The molecule has 22 heavy (non-hydrogen) atoms. The van der Waals surface area contributed by atoms with E-state index in [9.17, 15) is 9.59 Å². The molecule has 2 aliphatic rings. The Balaban J connectivity index is 1.64. The van der Waals surface area contributed by atoms with E-state index in [-0.39, 0.29) is 36.7 Å². The van der Waals surface area contributed by atoms with Gasteiger partial charge < -0.3 is 14.4 Å². The van der Waals surface area contributed by atoms with E-state index in [0.717, 1.165) is 18.4 Å². The summed E-state index contributed by atoms with van der Waals surface area (Å²) >= 11 is 0. The van der Waals surface area contributed by atoms with E-state index >= 15 is 0 Å². The Morgan fingerprint density at radius 3 is 2.86 bits per heavy atom. The second-order valence-electron chi connectivity index (χ2n) is 5.88. The topological polar surface area (TPSA) is 55.8 Å². The molecule has 2 heterocycles. The van der Waals surface area contributed by atoms with Crippen molar-refractivity contribution < 1.29 is 19.1 Å². The molecule has 1 aromatic rings. The van der Waals surface area contributed by atoms with E-state index in [2.05, 4.69) is 0 Å². The highest BCUT2D eigenvalue weighted by molar-refractivity contribution is 5.78. The molecule has 118 valence electrons. The van der Waals surface area contributed by atoms with Gasteiger partial charge in [-0.15, -0.1) is 0 Å². The predicted molar refractivity (Wildman–Crippen MR) is 80.0 cm³/mol. The fourth-order valence-electron chi connectivity index (χ4n) is 3.38. The largest absolute Gasteiger partial charge is 0.460 e. The van der Waals surface area contributed by atoms with Gasteiger partial charge in [0.05, 0.1) is 12.0 Å². The predicted octanol–water partition coefficient (Wildman–Crippen LogP) is 2.74. The number of carbonyl (C=O) groups excluding carboxylic acids is 2. The van der Waals surface area contributed by atoms with Crippen molar-refractivity contribution in [1.29, 1.82) is 0 Å². The van der Waals surface area contributed by atoms with E-state index in [1.54, 1.807) is 4.90 Å². The molecule has 2 aliphatic heterocycles. The van der Waals surface area contributed by atoms with Gasteiger partial charge >= 0.3 is 12.1 Å². The number of likely N-dealkylation sites (tertiary alicyclic amines) is 1. The minimum atomic E-state index is -0.351. The highest BCUT2D eigenvalue weighted by atomic mass is 16.6. The average Bonchev–Trinajstić information content (AvgIpc) is 3.06. The van der Waals surface area contributed by atoms with Crippen LogP contribution in [-0.2, 0) is 20.9 Å². The Morgan fingerprint density at radius 1 is 1.36 bits per heavy atom. The van der Waals surface area contributed by atoms with Gasteiger partial charge in [-0.25, -0.2) is 4.79 Å². The van der Waals surface area contributed by atoms with Crippen LogP contribution >= 0.6 is 0 Å². The van der Waals surface area contributed by atoms with Crippen molar-refractivity contribution in [3.63, 3.8) is 0 Å². The summed E-state index contributed by atoms with van der Waals surface area (Å²) in [6.45, 7) is 2.88. The van der Waals surface area contributed by atoms with Crippen LogP contribution in [-0.4, -0.2) is 35.7 Å². The summed E-state index contributed by atoms with van der Waals surface area (Å²) in [5.74, 6) is -0.376. The zero-order valence-electron chi connectivity index (χ0n) is 12.7. The number of hydrogen-bond acceptors (Lipinski definition) is 4. The number of rotatable bonds is 4. The van der Waals surface area contributed by atoms with Crippen LogP contribution in [0.5, 0.6) is 0 Å². The first-order valence-electron chi connectivity index (χ1n) is 7.88. The number of hydrogen-bond donors (Lipinski definition) is 0. The van der Waals surface area contributed by atoms with Crippen molar-refractivity contribution in [1.82, 2.24) is 4.90 Å². The summed E-state index contributed by atoms with van der Waals surface area (Å²) < 4.78 is 10.8. The minimum absolute atomic E-state index is 0.157. The standard InChI is InChI=1S/C17H21NO4/c1-2-6-13-15-14(22-16(13)19)9-10-18(15)17(20)21-11-12-7-4-3-5-8-12/h3-5,7-8,13-15H,2,6,9-11H2,1H3/t13?,14-,15+/m0/s1. The van der Waals surface area contributed by atoms with Crippen molar-refractivity contribution >= 4 is 12.1 Å². The van der Waals surface area contributed by atoms with Crippen LogP contribution in [0.2, 0.25) is 0 Å². The molecule has 3 atom stereocenters. The molecule has 0 N–H and O–H groups in total. The quantitative estimate of drug-likeness (QED) is 0.803. The van der Waals surface area contributed by atoms with Crippen molar-refractivity contribution in [3.8, 4) is 0 Å². The van der Waals surface area contributed by atoms with E-state index < -0.39 is 0 Å². The summed E-state index contributed by atoms with van der Waals surface area (Å²) in [6.07, 6.45) is 1.85. The molecule has 0 bridgehead atoms. The Morgan fingerprint density at radius 2 is 2.14 bits per heavy atom. The van der Waals surface area contributed by atoms with Crippen LogP contribution in [0.15, 0.2) is 30.3 Å². The first-order chi connectivity index (χ1) is 10.7. The van der Waals surface area contributed by atoms with Crippen molar-refractivity contribution in [2.24, 2.45) is 5.92 Å². The SMILES string of the molecule is CCCC1C(=O)O[C@H]2CCN(C(=O)OCc3ccccc3)[C@H]12. The monoisotopic (exact) mass is 303 g/mol. The van der Waals surface area contributed by atoms with Crippen LogP contribution in [0.25, 0.3) is 0 Å². The second-order valence-corrected chi connectivity index (χ2v) is 5.88. The lowest BCUT2D eigenvalue weighted by atomic mass is 9.94. The summed E-state index contributed by atoms with van der Waals surface area (Å²) in [5.41, 5.74) is 0.954. The number of esters is 1. The zero-order valence-corrected chi connectivity index (χ0v) is 12.7. The highest BCUT2D eigenvalue weighted by Crippen LogP contribution is 2.36. The number of nitrogens with zero attached hydrogens (tertiary/aromatic N) is 1. The fourth-order valence-corrected chi connectivity index (χ4v) is 3.38. The third-order valence-corrected chi connectivity index (χ3v) is 4.42. The molecule has 3 rings (SSSR count). The van der Waals surface area contributed by atoms with Crippen LogP contribution < -0.4 is 0 Å². The van der Waals surface area contributed by atoms with Gasteiger partial charge in [-0.1, -0.05) is 43.7 Å². The third kappa shape index (κ3) is 2.80. The third-order valence-electron chi connectivity index (χ3n) is 4.42. The maximum atomic E-state index is 12.4. The molecule has 0 aromatic heterocycles. The average molecular weight is 303 g/mol. The van der Waals surface area contributed by atoms with Crippen molar-refractivity contribution in [2.45, 2.75) is 44.9 Å². The van der Waals surface area contributed by atoms with Crippen LogP contribution in [0, 0.1) is 5.92 Å². The second kappa shape index (κ2) is 6.38. The molecule has 0 aliphatic carbocycles. The first kappa shape index (κ1) is 14.9. The summed E-state index contributed by atoms with van der Waals surface area (Å²) in [7, 11) is 0. The Labute approximate surface area is 130 Å². The molecule has 1 unspecified atom stereocenters. The summed E-state index contributed by atoms with van der Waals surface area (Å²) in [4.78, 5) is 26.0. The summed E-state index contributed by atoms with van der Waals surface area (Å²) in [6, 6.07) is 9.43. The summed E-state index contributed by atoms with van der Waals surface area (Å²) in [5, 5.41) is 0. The van der Waals surface area contributed by atoms with E-state index in [1.807, 2.05) is 37.3 Å². The molecule has 1 aromatic carbocycles. The number of carbonyl (C=O) groups is 2. The maximum absolute atomic E-state index is 12.4. The van der Waals surface area contributed by atoms with E-state index in [0.29, 0.717) is 13.0 Å². The lowest BCUT2D eigenvalue weighted by Gasteiger charge is -2.25. The van der Waals surface area contributed by atoms with Gasteiger partial charge in [-0.3, -0.25) is 4.79 Å². The molecular formula is C17H21NO4. The highest BCUT2D eigenvalue weighted by Gasteiger charge is 2.52. The minimum Gasteiger partial charge on any atom is -0.460 e. The van der Waals surface area contributed by atoms with Gasteiger partial charge in [0.15, 0.2) is 0 Å². The van der Waals surface area contributed by atoms with Crippen molar-refractivity contribution in [3.05, 3.63) is 35.9 Å². The van der Waals surface area contributed by atoms with E-state index in [4.69, 9.17) is 9.47 Å². The maximum Gasteiger partial charge on any atom is 0.410 e. The van der Waals surface area contributed by atoms with Gasteiger partial charge in [0.1, 0.15) is 12.7 Å². The van der Waals surface area contributed by atoms with Gasteiger partial charge in [0, 0.05) is 13.0 Å².